The molecule has 0 amide bonds. The van der Waals surface area contributed by atoms with Gasteiger partial charge in [-0.2, -0.15) is 5.10 Å². The second-order valence-corrected chi connectivity index (χ2v) is 5.21. The summed E-state index contributed by atoms with van der Waals surface area (Å²) >= 11 is 6.07. The van der Waals surface area contributed by atoms with Gasteiger partial charge in [-0.3, -0.25) is 0 Å². The fraction of sp³-hybridized carbons (Fsp3) is 0.429. The van der Waals surface area contributed by atoms with Gasteiger partial charge in [0.15, 0.2) is 0 Å². The highest BCUT2D eigenvalue weighted by atomic mass is 35.5. The van der Waals surface area contributed by atoms with Crippen LogP contribution in [0.1, 0.15) is 24.0 Å². The Hall–Kier alpha value is -1.35. The number of hydrogen-bond donors (Lipinski definition) is 0. The smallest absolute Gasteiger partial charge is 0.120 e. The molecule has 0 bridgehead atoms. The maximum absolute atomic E-state index is 10.8. The summed E-state index contributed by atoms with van der Waals surface area (Å²) in [5, 5.41) is 7.05. The van der Waals surface area contributed by atoms with Crippen LogP contribution in [0.5, 0.6) is 0 Å². The maximum atomic E-state index is 10.8. The van der Waals surface area contributed by atoms with Crippen molar-refractivity contribution in [1.82, 2.24) is 5.01 Å². The van der Waals surface area contributed by atoms with Gasteiger partial charge in [0.2, 0.25) is 0 Å². The molecule has 1 aliphatic carbocycles. The van der Waals surface area contributed by atoms with Crippen LogP contribution >= 0.6 is 11.6 Å². The van der Waals surface area contributed by atoms with E-state index in [2.05, 4.69) is 11.2 Å². The Morgan fingerprint density at radius 2 is 2.28 bits per heavy atom. The molecule has 1 aromatic rings. The molecular weight excluding hydrogens is 248 g/mol. The summed E-state index contributed by atoms with van der Waals surface area (Å²) in [6.45, 7) is 0. The highest BCUT2D eigenvalue weighted by molar-refractivity contribution is 6.31. The van der Waals surface area contributed by atoms with Gasteiger partial charge >= 0.3 is 0 Å². The molecule has 96 valence electrons. The minimum absolute atomic E-state index is 0.205. The molecule has 2 rings (SSSR count). The molecule has 0 aliphatic heterocycles. The Kier molecular flexibility index (Phi) is 4.02. The summed E-state index contributed by atoms with van der Waals surface area (Å²) < 4.78 is 0. The third kappa shape index (κ3) is 2.72. The molecule has 0 spiro atoms. The van der Waals surface area contributed by atoms with Gasteiger partial charge in [0.05, 0.1) is 5.71 Å². The summed E-state index contributed by atoms with van der Waals surface area (Å²) in [4.78, 5) is 10.8. The Bertz CT molecular complexity index is 483. The lowest BCUT2D eigenvalue weighted by Crippen LogP contribution is -2.26. The van der Waals surface area contributed by atoms with Gasteiger partial charge in [-0.15, -0.1) is 0 Å². The van der Waals surface area contributed by atoms with Gasteiger partial charge < -0.3 is 9.80 Å². The van der Waals surface area contributed by atoms with Crippen LogP contribution in [0.2, 0.25) is 5.02 Å². The molecule has 0 N–H and O–H groups in total. The van der Waals surface area contributed by atoms with Crippen LogP contribution in [0, 0.1) is 5.92 Å². The highest BCUT2D eigenvalue weighted by Gasteiger charge is 2.25. The van der Waals surface area contributed by atoms with Crippen molar-refractivity contribution in [2.24, 2.45) is 11.0 Å². The van der Waals surface area contributed by atoms with Gasteiger partial charge in [0.1, 0.15) is 6.29 Å². The van der Waals surface area contributed by atoms with Crippen molar-refractivity contribution in [2.45, 2.75) is 19.3 Å². The molecule has 0 aromatic heterocycles. The van der Waals surface area contributed by atoms with Gasteiger partial charge in [-0.25, -0.2) is 0 Å². The number of carbonyl (C=O) groups excluding carboxylic acids is 1. The molecule has 18 heavy (non-hydrogen) atoms. The van der Waals surface area contributed by atoms with Crippen molar-refractivity contribution in [3.05, 3.63) is 34.3 Å². The standard InChI is InChI=1S/C14H17ClN2O/c1-17(2)16-14-11(7-8-18)4-3-10-5-6-12(15)9-13(10)14/h5-6,8-9,11H,3-4,7H2,1-2H3. The van der Waals surface area contributed by atoms with E-state index >= 15 is 0 Å². The molecule has 1 atom stereocenters. The maximum Gasteiger partial charge on any atom is 0.120 e. The van der Waals surface area contributed by atoms with E-state index in [1.54, 1.807) is 5.01 Å². The Balaban J connectivity index is 2.47. The summed E-state index contributed by atoms with van der Waals surface area (Å²) in [7, 11) is 3.79. The van der Waals surface area contributed by atoms with Crippen molar-refractivity contribution in [3.63, 3.8) is 0 Å². The van der Waals surface area contributed by atoms with E-state index in [1.807, 2.05) is 26.2 Å². The highest BCUT2D eigenvalue weighted by Crippen LogP contribution is 2.30. The average Bonchev–Trinajstić information content (AvgIpc) is 2.32. The number of hydrogen-bond acceptors (Lipinski definition) is 3. The van der Waals surface area contributed by atoms with Crippen LogP contribution in [0.15, 0.2) is 23.3 Å². The zero-order valence-corrected chi connectivity index (χ0v) is 11.4. The monoisotopic (exact) mass is 264 g/mol. The fourth-order valence-electron chi connectivity index (χ4n) is 2.39. The third-order valence-electron chi connectivity index (χ3n) is 3.19. The average molecular weight is 265 g/mol. The van der Waals surface area contributed by atoms with Crippen LogP contribution in [0.3, 0.4) is 0 Å². The lowest BCUT2D eigenvalue weighted by atomic mass is 9.81. The van der Waals surface area contributed by atoms with Crippen LogP contribution in [0.25, 0.3) is 0 Å². The first-order chi connectivity index (χ1) is 8.61. The molecular formula is C14H17ClN2O. The van der Waals surface area contributed by atoms with E-state index in [0.29, 0.717) is 11.4 Å². The number of benzene rings is 1. The number of aryl methyl sites for hydroxylation is 1. The van der Waals surface area contributed by atoms with Gasteiger partial charge in [-0.1, -0.05) is 17.7 Å². The van der Waals surface area contributed by atoms with Crippen molar-refractivity contribution < 1.29 is 4.79 Å². The molecule has 3 nitrogen and oxygen atoms in total. The van der Waals surface area contributed by atoms with E-state index < -0.39 is 0 Å². The first kappa shape index (κ1) is 13.1. The molecule has 0 heterocycles. The molecule has 0 saturated heterocycles. The largest absolute Gasteiger partial charge is 0.303 e. The SMILES string of the molecule is CN(C)N=C1c2cc(Cl)ccc2CCC1CC=O. The first-order valence-electron chi connectivity index (χ1n) is 6.10. The fourth-order valence-corrected chi connectivity index (χ4v) is 2.56. The minimum Gasteiger partial charge on any atom is -0.303 e. The van der Waals surface area contributed by atoms with E-state index in [9.17, 15) is 4.79 Å². The van der Waals surface area contributed by atoms with Crippen LogP contribution in [-0.4, -0.2) is 31.1 Å². The van der Waals surface area contributed by atoms with Crippen molar-refractivity contribution in [1.29, 1.82) is 0 Å². The molecule has 0 fully saturated rings. The quantitative estimate of drug-likeness (QED) is 0.621. The summed E-state index contributed by atoms with van der Waals surface area (Å²) in [5.41, 5.74) is 3.34. The van der Waals surface area contributed by atoms with Crippen LogP contribution in [0.4, 0.5) is 0 Å². The van der Waals surface area contributed by atoms with Gasteiger partial charge in [0.25, 0.3) is 0 Å². The second kappa shape index (κ2) is 5.53. The molecule has 0 radical (unpaired) electrons. The summed E-state index contributed by atoms with van der Waals surface area (Å²) in [6.07, 6.45) is 3.46. The van der Waals surface area contributed by atoms with E-state index in [4.69, 9.17) is 11.6 Å². The lowest BCUT2D eigenvalue weighted by molar-refractivity contribution is -0.108. The normalized spacial score (nSPS) is 20.6. The Morgan fingerprint density at radius 3 is 2.94 bits per heavy atom. The third-order valence-corrected chi connectivity index (χ3v) is 3.42. The van der Waals surface area contributed by atoms with E-state index in [0.717, 1.165) is 30.4 Å². The van der Waals surface area contributed by atoms with E-state index in [1.165, 1.54) is 5.56 Å². The molecule has 0 saturated carbocycles. The molecule has 1 aromatic carbocycles. The summed E-state index contributed by atoms with van der Waals surface area (Å²) in [5.74, 6) is 0.205. The van der Waals surface area contributed by atoms with Gasteiger partial charge in [0, 0.05) is 37.0 Å². The number of rotatable bonds is 3. The van der Waals surface area contributed by atoms with Crippen LogP contribution < -0.4 is 0 Å². The molecule has 4 heteroatoms. The number of nitrogens with zero attached hydrogens (tertiary/aromatic N) is 2. The number of carbonyl (C=O) groups is 1. The summed E-state index contributed by atoms with van der Waals surface area (Å²) in [6, 6.07) is 5.92. The number of aldehydes is 1. The predicted molar refractivity (Wildman–Crippen MR) is 74.2 cm³/mol. The zero-order valence-electron chi connectivity index (χ0n) is 10.7. The molecule has 1 unspecified atom stereocenters. The van der Waals surface area contributed by atoms with Crippen molar-refractivity contribution in [3.8, 4) is 0 Å². The first-order valence-corrected chi connectivity index (χ1v) is 6.48. The lowest BCUT2D eigenvalue weighted by Gasteiger charge is -2.26. The number of fused-ring (bicyclic) bond motifs is 1. The Labute approximate surface area is 112 Å². The van der Waals surface area contributed by atoms with Gasteiger partial charge in [-0.05, 0) is 30.5 Å². The Morgan fingerprint density at radius 1 is 1.50 bits per heavy atom. The minimum atomic E-state index is 0.205. The molecule has 1 aliphatic rings. The second-order valence-electron chi connectivity index (χ2n) is 4.77. The topological polar surface area (TPSA) is 32.7 Å². The number of halogens is 1. The number of hydrazone groups is 1. The van der Waals surface area contributed by atoms with Crippen molar-refractivity contribution >= 4 is 23.6 Å². The van der Waals surface area contributed by atoms with Crippen molar-refractivity contribution in [2.75, 3.05) is 14.1 Å². The zero-order chi connectivity index (χ0) is 13.1. The van der Waals surface area contributed by atoms with Crippen LogP contribution in [-0.2, 0) is 11.2 Å². The predicted octanol–water partition coefficient (Wildman–Crippen LogP) is 2.76. The van der Waals surface area contributed by atoms with E-state index in [-0.39, 0.29) is 5.92 Å².